The summed E-state index contributed by atoms with van der Waals surface area (Å²) < 4.78 is 4.59. The van der Waals surface area contributed by atoms with Gasteiger partial charge in [0.25, 0.3) is 0 Å². The lowest BCUT2D eigenvalue weighted by molar-refractivity contribution is -0.116. The SMILES string of the molecule is NCCCCCCC(=O)Nc1ccon1. The summed E-state index contributed by atoms with van der Waals surface area (Å²) in [5.41, 5.74) is 5.36. The highest BCUT2D eigenvalue weighted by Gasteiger charge is 2.03. The molecule has 1 rings (SSSR count). The first-order chi connectivity index (χ1) is 7.33. The van der Waals surface area contributed by atoms with Crippen molar-refractivity contribution in [3.63, 3.8) is 0 Å². The summed E-state index contributed by atoms with van der Waals surface area (Å²) in [7, 11) is 0. The quantitative estimate of drug-likeness (QED) is 0.670. The molecule has 15 heavy (non-hydrogen) atoms. The molecule has 1 heterocycles. The van der Waals surface area contributed by atoms with Crippen molar-refractivity contribution in [3.8, 4) is 0 Å². The largest absolute Gasteiger partial charge is 0.363 e. The lowest BCUT2D eigenvalue weighted by Gasteiger charge is -2.01. The number of carbonyl (C=O) groups is 1. The van der Waals surface area contributed by atoms with Gasteiger partial charge in [0.1, 0.15) is 6.26 Å². The molecule has 0 aliphatic carbocycles. The van der Waals surface area contributed by atoms with Crippen molar-refractivity contribution in [1.29, 1.82) is 0 Å². The summed E-state index contributed by atoms with van der Waals surface area (Å²) in [5, 5.41) is 6.23. The molecule has 0 atom stereocenters. The number of unbranched alkanes of at least 4 members (excludes halogenated alkanes) is 3. The van der Waals surface area contributed by atoms with Gasteiger partial charge in [-0.05, 0) is 19.4 Å². The Bertz CT molecular complexity index is 272. The molecule has 0 unspecified atom stereocenters. The first-order valence-corrected chi connectivity index (χ1v) is 5.23. The highest BCUT2D eigenvalue weighted by molar-refractivity contribution is 5.89. The Labute approximate surface area is 89.0 Å². The average Bonchev–Trinajstić information content (AvgIpc) is 2.70. The first-order valence-electron chi connectivity index (χ1n) is 5.23. The molecule has 0 bridgehead atoms. The molecular weight excluding hydrogens is 194 g/mol. The van der Waals surface area contributed by atoms with Crippen molar-refractivity contribution in [3.05, 3.63) is 12.3 Å². The minimum atomic E-state index is -0.0170. The van der Waals surface area contributed by atoms with Crippen molar-refractivity contribution in [2.75, 3.05) is 11.9 Å². The van der Waals surface area contributed by atoms with Gasteiger partial charge in [-0.1, -0.05) is 18.0 Å². The van der Waals surface area contributed by atoms with Crippen LogP contribution in [0.4, 0.5) is 5.82 Å². The number of rotatable bonds is 7. The third-order valence-electron chi connectivity index (χ3n) is 2.06. The van der Waals surface area contributed by atoms with E-state index >= 15 is 0 Å². The van der Waals surface area contributed by atoms with Crippen LogP contribution in [-0.2, 0) is 4.79 Å². The molecule has 5 nitrogen and oxygen atoms in total. The summed E-state index contributed by atoms with van der Waals surface area (Å²) in [6.45, 7) is 0.727. The number of aromatic nitrogens is 1. The van der Waals surface area contributed by atoms with E-state index in [1.165, 1.54) is 6.26 Å². The number of amides is 1. The topological polar surface area (TPSA) is 81.2 Å². The van der Waals surface area contributed by atoms with E-state index in [1.807, 2.05) is 0 Å². The molecule has 0 aliphatic rings. The monoisotopic (exact) mass is 211 g/mol. The maximum Gasteiger partial charge on any atom is 0.225 e. The fourth-order valence-corrected chi connectivity index (χ4v) is 1.27. The Balaban J connectivity index is 2.04. The van der Waals surface area contributed by atoms with Gasteiger partial charge in [0.05, 0.1) is 0 Å². The first kappa shape index (κ1) is 11.7. The van der Waals surface area contributed by atoms with E-state index in [0.717, 1.165) is 32.2 Å². The summed E-state index contributed by atoms with van der Waals surface area (Å²) in [6, 6.07) is 1.62. The predicted molar refractivity (Wildman–Crippen MR) is 57.3 cm³/mol. The maximum absolute atomic E-state index is 11.3. The van der Waals surface area contributed by atoms with Crippen LogP contribution in [0.2, 0.25) is 0 Å². The average molecular weight is 211 g/mol. The summed E-state index contributed by atoms with van der Waals surface area (Å²) >= 11 is 0. The van der Waals surface area contributed by atoms with Crippen molar-refractivity contribution in [1.82, 2.24) is 5.16 Å². The van der Waals surface area contributed by atoms with Crippen molar-refractivity contribution < 1.29 is 9.32 Å². The van der Waals surface area contributed by atoms with Crippen LogP contribution in [0.15, 0.2) is 16.9 Å². The Morgan fingerprint density at radius 3 is 2.87 bits per heavy atom. The van der Waals surface area contributed by atoms with E-state index in [2.05, 4.69) is 15.0 Å². The molecular formula is C10H17N3O2. The zero-order valence-electron chi connectivity index (χ0n) is 8.74. The third-order valence-corrected chi connectivity index (χ3v) is 2.06. The van der Waals surface area contributed by atoms with Crippen LogP contribution in [-0.4, -0.2) is 17.6 Å². The van der Waals surface area contributed by atoms with Gasteiger partial charge in [-0.15, -0.1) is 0 Å². The second-order valence-corrected chi connectivity index (χ2v) is 3.39. The molecule has 0 spiro atoms. The number of hydrogen-bond donors (Lipinski definition) is 2. The van der Waals surface area contributed by atoms with E-state index < -0.39 is 0 Å². The number of nitrogens with two attached hydrogens (primary N) is 1. The Hall–Kier alpha value is -1.36. The van der Waals surface area contributed by atoms with Crippen LogP contribution in [0, 0.1) is 0 Å². The molecule has 1 aromatic rings. The second-order valence-electron chi connectivity index (χ2n) is 3.39. The van der Waals surface area contributed by atoms with E-state index in [1.54, 1.807) is 6.07 Å². The molecule has 0 aromatic carbocycles. The highest BCUT2D eigenvalue weighted by atomic mass is 16.5. The maximum atomic E-state index is 11.3. The standard InChI is InChI=1S/C10H17N3O2/c11-7-4-2-1-3-5-10(14)12-9-6-8-15-13-9/h6,8H,1-5,7,11H2,(H,12,13,14). The minimum absolute atomic E-state index is 0.0170. The molecule has 1 amide bonds. The lowest BCUT2D eigenvalue weighted by atomic mass is 10.1. The summed E-state index contributed by atoms with van der Waals surface area (Å²) in [5.74, 6) is 0.457. The molecule has 3 N–H and O–H groups in total. The van der Waals surface area contributed by atoms with Gasteiger partial charge in [0.2, 0.25) is 5.91 Å². The van der Waals surface area contributed by atoms with Crippen molar-refractivity contribution in [2.45, 2.75) is 32.1 Å². The Kier molecular flexibility index (Phi) is 5.47. The van der Waals surface area contributed by atoms with Crippen LogP contribution in [0.3, 0.4) is 0 Å². The van der Waals surface area contributed by atoms with Gasteiger partial charge in [0, 0.05) is 12.5 Å². The molecule has 0 fully saturated rings. The van der Waals surface area contributed by atoms with Crippen molar-refractivity contribution in [2.24, 2.45) is 5.73 Å². The smallest absolute Gasteiger partial charge is 0.225 e. The number of hydrogen-bond acceptors (Lipinski definition) is 4. The van der Waals surface area contributed by atoms with E-state index in [4.69, 9.17) is 5.73 Å². The summed E-state index contributed by atoms with van der Waals surface area (Å²) in [6.07, 6.45) is 6.01. The highest BCUT2D eigenvalue weighted by Crippen LogP contribution is 2.05. The van der Waals surface area contributed by atoms with Gasteiger partial charge in [-0.2, -0.15) is 0 Å². The van der Waals surface area contributed by atoms with Crippen LogP contribution in [0.5, 0.6) is 0 Å². The number of nitrogens with one attached hydrogen (secondary N) is 1. The summed E-state index contributed by atoms with van der Waals surface area (Å²) in [4.78, 5) is 11.3. The number of carbonyl (C=O) groups excluding carboxylic acids is 1. The van der Waals surface area contributed by atoms with Gasteiger partial charge < -0.3 is 15.6 Å². The molecule has 1 aromatic heterocycles. The van der Waals surface area contributed by atoms with Gasteiger partial charge in [-0.3, -0.25) is 4.79 Å². The zero-order valence-corrected chi connectivity index (χ0v) is 8.74. The molecule has 0 saturated heterocycles. The second kappa shape index (κ2) is 7.00. The fraction of sp³-hybridized carbons (Fsp3) is 0.600. The lowest BCUT2D eigenvalue weighted by Crippen LogP contribution is -2.11. The molecule has 0 saturated carbocycles. The minimum Gasteiger partial charge on any atom is -0.363 e. The molecule has 5 heteroatoms. The third kappa shape index (κ3) is 5.17. The van der Waals surface area contributed by atoms with E-state index in [-0.39, 0.29) is 5.91 Å². The van der Waals surface area contributed by atoms with Crippen LogP contribution in [0.25, 0.3) is 0 Å². The van der Waals surface area contributed by atoms with Crippen LogP contribution < -0.4 is 11.1 Å². The predicted octanol–water partition coefficient (Wildman–Crippen LogP) is 1.52. The number of nitrogens with zero attached hydrogens (tertiary/aromatic N) is 1. The fourth-order valence-electron chi connectivity index (χ4n) is 1.27. The Morgan fingerprint density at radius 1 is 1.40 bits per heavy atom. The zero-order chi connectivity index (χ0) is 10.9. The molecule has 0 radical (unpaired) electrons. The van der Waals surface area contributed by atoms with E-state index in [0.29, 0.717) is 12.2 Å². The van der Waals surface area contributed by atoms with Gasteiger partial charge in [-0.25, -0.2) is 0 Å². The van der Waals surface area contributed by atoms with Gasteiger partial charge >= 0.3 is 0 Å². The van der Waals surface area contributed by atoms with Gasteiger partial charge in [0.15, 0.2) is 5.82 Å². The molecule has 0 aliphatic heterocycles. The number of anilines is 1. The normalized spacial score (nSPS) is 10.2. The van der Waals surface area contributed by atoms with E-state index in [9.17, 15) is 4.79 Å². The van der Waals surface area contributed by atoms with Crippen LogP contribution in [0.1, 0.15) is 32.1 Å². The Morgan fingerprint density at radius 2 is 2.20 bits per heavy atom. The van der Waals surface area contributed by atoms with Crippen molar-refractivity contribution >= 4 is 11.7 Å². The van der Waals surface area contributed by atoms with Crippen LogP contribution >= 0.6 is 0 Å². The molecule has 84 valence electrons.